The maximum Gasteiger partial charge on any atom is 0.189 e. The predicted molar refractivity (Wildman–Crippen MR) is 227 cm³/mol. The van der Waals surface area contributed by atoms with Gasteiger partial charge in [-0.25, -0.2) is 9.97 Å². The molecule has 2 N–H and O–H groups in total. The number of hydrogen-bond donors (Lipinski definition) is 2. The van der Waals surface area contributed by atoms with Crippen LogP contribution < -0.4 is 18.9 Å². The minimum atomic E-state index is 0.209. The van der Waals surface area contributed by atoms with E-state index in [1.807, 2.05) is 18.2 Å². The molecule has 3 aromatic heterocycles. The fraction of sp³-hybridized carbons (Fsp3) is 0.545. The van der Waals surface area contributed by atoms with Crippen LogP contribution in [0.25, 0.3) is 45.1 Å². The van der Waals surface area contributed by atoms with Crippen LogP contribution in [0.3, 0.4) is 0 Å². The number of ether oxygens (including phenoxy) is 16. The van der Waals surface area contributed by atoms with Crippen molar-refractivity contribution in [2.24, 2.45) is 0 Å². The molecule has 6 aliphatic heterocycles. The lowest BCUT2D eigenvalue weighted by atomic mass is 10.2. The molecule has 8 bridgehead atoms. The fourth-order valence-electron chi connectivity index (χ4n) is 7.32. The number of rotatable bonds is 0. The summed E-state index contributed by atoms with van der Waals surface area (Å²) in [5.74, 6) is 3.25. The molecule has 0 radical (unpaired) electrons. The molecule has 0 aliphatic carbocycles. The average molecular weight is 895 g/mol. The maximum atomic E-state index is 6.50. The van der Waals surface area contributed by atoms with Crippen molar-refractivity contribution in [3.05, 3.63) is 47.0 Å². The van der Waals surface area contributed by atoms with Gasteiger partial charge in [0.05, 0.1) is 128 Å². The Hall–Kier alpha value is -5.32. The van der Waals surface area contributed by atoms with E-state index < -0.39 is 0 Å². The SMILES string of the molecule is c1c2nc(cc3[nH]c(cc4[nH]c(cc5nc1C1=C5OCCOCCOCCO1)c1c4OCCOCCOCCO1)c1c3OCCOCCOCCO1)C1=C2OCCOCCOCCO1. The molecule has 0 fully saturated rings. The average Bonchev–Trinajstić information content (AvgIpc) is 3.97. The number of hydrogen-bond acceptors (Lipinski definition) is 18. The number of nitrogens with one attached hydrogen (secondary N) is 2. The van der Waals surface area contributed by atoms with Crippen LogP contribution in [0.15, 0.2) is 24.3 Å². The highest BCUT2D eigenvalue weighted by Crippen LogP contribution is 2.43. The van der Waals surface area contributed by atoms with Crippen LogP contribution in [0, 0.1) is 0 Å². The van der Waals surface area contributed by atoms with E-state index >= 15 is 0 Å². The van der Waals surface area contributed by atoms with E-state index in [4.69, 9.17) is 85.8 Å². The van der Waals surface area contributed by atoms with E-state index in [9.17, 15) is 0 Å². The molecular weight excluding hydrogens is 840 g/mol. The molecule has 9 heterocycles. The monoisotopic (exact) mass is 894 g/mol. The first-order valence-electron chi connectivity index (χ1n) is 21.8. The second kappa shape index (κ2) is 22.5. The summed E-state index contributed by atoms with van der Waals surface area (Å²) in [7, 11) is 0. The van der Waals surface area contributed by atoms with Crippen molar-refractivity contribution in [2.45, 2.75) is 0 Å². The third-order valence-electron chi connectivity index (χ3n) is 10.2. The number of H-pyrrole nitrogens is 2. The van der Waals surface area contributed by atoms with Crippen molar-refractivity contribution in [1.29, 1.82) is 0 Å². The van der Waals surface area contributed by atoms with Crippen LogP contribution in [0.1, 0.15) is 22.8 Å². The van der Waals surface area contributed by atoms with Gasteiger partial charge in [-0.3, -0.25) is 0 Å². The second-order valence-electron chi connectivity index (χ2n) is 14.6. The molecule has 9 rings (SSSR count). The Labute approximate surface area is 368 Å². The van der Waals surface area contributed by atoms with Crippen molar-refractivity contribution < 1.29 is 75.8 Å². The van der Waals surface area contributed by atoms with Crippen LogP contribution in [-0.2, 0) is 56.8 Å². The highest BCUT2D eigenvalue weighted by Gasteiger charge is 2.30. The molecule has 346 valence electrons. The summed E-state index contributed by atoms with van der Waals surface area (Å²) in [4.78, 5) is 17.4. The van der Waals surface area contributed by atoms with Crippen LogP contribution in [0.4, 0.5) is 0 Å². The summed E-state index contributed by atoms with van der Waals surface area (Å²) in [6.45, 7) is 7.64. The minimum Gasteiger partial charge on any atom is -0.485 e. The quantitative estimate of drug-likeness (QED) is 0.330. The Morgan fingerprint density at radius 2 is 0.469 bits per heavy atom. The fourth-order valence-corrected chi connectivity index (χ4v) is 7.32. The van der Waals surface area contributed by atoms with Crippen molar-refractivity contribution in [3.8, 4) is 23.0 Å². The molecule has 0 saturated heterocycles. The molecule has 0 saturated carbocycles. The van der Waals surface area contributed by atoms with E-state index in [1.54, 1.807) is 6.07 Å². The van der Waals surface area contributed by atoms with Crippen LogP contribution in [0.5, 0.6) is 23.0 Å². The van der Waals surface area contributed by atoms with Gasteiger partial charge in [0.2, 0.25) is 0 Å². The summed E-state index contributed by atoms with van der Waals surface area (Å²) >= 11 is 0. The molecule has 64 heavy (non-hydrogen) atoms. The molecule has 20 heteroatoms. The van der Waals surface area contributed by atoms with Crippen molar-refractivity contribution in [3.63, 3.8) is 0 Å². The number of fused-ring (bicyclic) bond motifs is 18. The lowest BCUT2D eigenvalue weighted by Gasteiger charge is -2.15. The Bertz CT molecular complexity index is 2120. The van der Waals surface area contributed by atoms with Gasteiger partial charge in [0.1, 0.15) is 75.6 Å². The molecule has 0 spiro atoms. The van der Waals surface area contributed by atoms with Gasteiger partial charge in [-0.05, 0) is 24.3 Å². The zero-order chi connectivity index (χ0) is 43.2. The Balaban J connectivity index is 1.32. The summed E-state index contributed by atoms with van der Waals surface area (Å²) < 4.78 is 98.2. The first-order chi connectivity index (χ1) is 31.8. The van der Waals surface area contributed by atoms with E-state index in [1.165, 1.54) is 0 Å². The molecule has 20 nitrogen and oxygen atoms in total. The van der Waals surface area contributed by atoms with E-state index in [0.717, 1.165) is 0 Å². The lowest BCUT2D eigenvalue weighted by molar-refractivity contribution is 0.0178. The normalized spacial score (nSPS) is 20.6. The van der Waals surface area contributed by atoms with Crippen molar-refractivity contribution in [1.82, 2.24) is 19.9 Å². The topological polar surface area (TPSA) is 205 Å². The molecule has 3 aromatic rings. The molecular formula is C44H54N4O16. The van der Waals surface area contributed by atoms with Gasteiger partial charge in [0.15, 0.2) is 46.0 Å². The maximum absolute atomic E-state index is 6.50. The van der Waals surface area contributed by atoms with Gasteiger partial charge < -0.3 is 85.8 Å². The molecule has 0 amide bonds. The molecule has 0 unspecified atom stereocenters. The Kier molecular flexibility index (Phi) is 15.5. The Morgan fingerprint density at radius 3 is 0.750 bits per heavy atom. The third kappa shape index (κ3) is 10.9. The zero-order valence-corrected chi connectivity index (χ0v) is 35.7. The summed E-state index contributed by atoms with van der Waals surface area (Å²) in [6, 6.07) is 7.33. The largest absolute Gasteiger partial charge is 0.485 e. The first-order valence-corrected chi connectivity index (χ1v) is 21.8. The van der Waals surface area contributed by atoms with Gasteiger partial charge in [0.25, 0.3) is 0 Å². The smallest absolute Gasteiger partial charge is 0.189 e. The standard InChI is InChI=1S/C44H54N4O16/c1-2-50-10-18-58-38-30-26-32-40-42(62-22-14-54-6-5-52-12-20-60-40)34(47-32)28-36-44-43(63-23-15-55-7-8-56-16-24-64-44)35(48-36)27-33-41-39(59-19-11-51-3-4-53-13-21-61-41)31(46-33)25-29(45-30)37(38)57-17-9-49-1/h25-28,45-46H,1-24H2. The highest BCUT2D eigenvalue weighted by molar-refractivity contribution is 5.92. The second-order valence-corrected chi connectivity index (χ2v) is 14.6. The molecule has 6 aliphatic rings. The molecule has 0 aromatic carbocycles. The van der Waals surface area contributed by atoms with Gasteiger partial charge in [0, 0.05) is 0 Å². The first kappa shape index (κ1) is 43.9. The van der Waals surface area contributed by atoms with Crippen molar-refractivity contribution in [2.75, 3.05) is 159 Å². The number of nitrogens with zero attached hydrogens (tertiary/aromatic N) is 2. The van der Waals surface area contributed by atoms with Crippen LogP contribution >= 0.6 is 0 Å². The van der Waals surface area contributed by atoms with Crippen LogP contribution in [0.2, 0.25) is 0 Å². The zero-order valence-electron chi connectivity index (χ0n) is 35.7. The summed E-state index contributed by atoms with van der Waals surface area (Å²) in [5.41, 5.74) is 3.89. The van der Waals surface area contributed by atoms with Gasteiger partial charge in [-0.2, -0.15) is 0 Å². The van der Waals surface area contributed by atoms with E-state index in [0.29, 0.717) is 197 Å². The van der Waals surface area contributed by atoms with Gasteiger partial charge >= 0.3 is 0 Å². The van der Waals surface area contributed by atoms with Crippen LogP contribution in [-0.4, -0.2) is 179 Å². The summed E-state index contributed by atoms with van der Waals surface area (Å²) in [6.07, 6.45) is 0. The minimum absolute atomic E-state index is 0.209. The van der Waals surface area contributed by atoms with E-state index in [2.05, 4.69) is 9.97 Å². The molecule has 0 atom stereocenters. The number of aromatic nitrogens is 4. The van der Waals surface area contributed by atoms with E-state index in [-0.39, 0.29) is 52.9 Å². The van der Waals surface area contributed by atoms with Gasteiger partial charge in [-0.15, -0.1) is 0 Å². The number of aromatic amines is 2. The summed E-state index contributed by atoms with van der Waals surface area (Å²) in [5, 5.41) is 0. The third-order valence-corrected chi connectivity index (χ3v) is 10.2. The lowest BCUT2D eigenvalue weighted by Crippen LogP contribution is -2.15. The van der Waals surface area contributed by atoms with Gasteiger partial charge in [-0.1, -0.05) is 0 Å². The highest BCUT2D eigenvalue weighted by atomic mass is 16.6. The Morgan fingerprint density at radius 1 is 0.250 bits per heavy atom. The van der Waals surface area contributed by atoms with Crippen molar-refractivity contribution >= 4 is 45.1 Å². The predicted octanol–water partition coefficient (Wildman–Crippen LogP) is 3.74.